The molecule has 0 bridgehead atoms. The second-order valence-electron chi connectivity index (χ2n) is 7.92. The number of hydrogen-bond acceptors (Lipinski definition) is 7. The fourth-order valence-electron chi connectivity index (χ4n) is 3.76. The van der Waals surface area contributed by atoms with Crippen molar-refractivity contribution in [2.75, 3.05) is 31.1 Å². The molecular weight excluding hydrogens is 408 g/mol. The smallest absolute Gasteiger partial charge is 0.273 e. The lowest BCUT2D eigenvalue weighted by Crippen LogP contribution is -2.48. The van der Waals surface area contributed by atoms with Crippen LogP contribution in [0, 0.1) is 13.8 Å². The summed E-state index contributed by atoms with van der Waals surface area (Å²) in [7, 11) is 0. The van der Waals surface area contributed by atoms with Crippen molar-refractivity contribution < 1.29 is 14.1 Å². The molecule has 1 N–H and O–H groups in total. The van der Waals surface area contributed by atoms with Crippen molar-refractivity contribution in [2.45, 2.75) is 27.3 Å². The lowest BCUT2D eigenvalue weighted by Gasteiger charge is -2.33. The number of aryl methyl sites for hydroxylation is 2. The van der Waals surface area contributed by atoms with E-state index in [4.69, 9.17) is 4.52 Å². The first-order valence-corrected chi connectivity index (χ1v) is 10.5. The topological polar surface area (TPSA) is 104 Å². The molecule has 3 aromatic heterocycles. The summed E-state index contributed by atoms with van der Waals surface area (Å²) in [6.07, 6.45) is 3.54. The summed E-state index contributed by atoms with van der Waals surface area (Å²) in [4.78, 5) is 36.6. The van der Waals surface area contributed by atoms with Crippen LogP contribution in [0.1, 0.15) is 34.2 Å². The molecule has 3 aromatic rings. The van der Waals surface area contributed by atoms with Crippen molar-refractivity contribution in [3.05, 3.63) is 59.2 Å². The average molecular weight is 435 g/mol. The van der Waals surface area contributed by atoms with Gasteiger partial charge in [-0.2, -0.15) is 0 Å². The van der Waals surface area contributed by atoms with Gasteiger partial charge in [0.05, 0.1) is 5.69 Å². The highest BCUT2D eigenvalue weighted by atomic mass is 16.5. The van der Waals surface area contributed by atoms with Crippen LogP contribution in [0.2, 0.25) is 0 Å². The van der Waals surface area contributed by atoms with Crippen LogP contribution in [0.4, 0.5) is 5.88 Å². The van der Waals surface area contributed by atoms with Gasteiger partial charge in [0, 0.05) is 69.4 Å². The molecule has 0 radical (unpaired) electrons. The SMILES string of the molecule is CC(=O)N1CCN(c2cc(C(=O)NCc3cnc(-c4ccnc(C)c4)c(C)c3)no2)CC1. The summed E-state index contributed by atoms with van der Waals surface area (Å²) in [5.41, 5.74) is 5.00. The van der Waals surface area contributed by atoms with Gasteiger partial charge in [0.1, 0.15) is 0 Å². The van der Waals surface area contributed by atoms with E-state index in [1.165, 1.54) is 0 Å². The van der Waals surface area contributed by atoms with Gasteiger partial charge in [-0.3, -0.25) is 19.6 Å². The van der Waals surface area contributed by atoms with Gasteiger partial charge < -0.3 is 19.6 Å². The molecule has 2 amide bonds. The average Bonchev–Trinajstić information content (AvgIpc) is 3.28. The van der Waals surface area contributed by atoms with Crippen LogP contribution < -0.4 is 10.2 Å². The van der Waals surface area contributed by atoms with Gasteiger partial charge in [-0.15, -0.1) is 0 Å². The third kappa shape index (κ3) is 4.77. The van der Waals surface area contributed by atoms with Gasteiger partial charge >= 0.3 is 0 Å². The molecule has 0 saturated carbocycles. The maximum Gasteiger partial charge on any atom is 0.273 e. The Labute approximate surface area is 186 Å². The van der Waals surface area contributed by atoms with Crippen molar-refractivity contribution >= 4 is 17.7 Å². The predicted octanol–water partition coefficient (Wildman–Crippen LogP) is 2.35. The lowest BCUT2D eigenvalue weighted by atomic mass is 10.1. The second-order valence-corrected chi connectivity index (χ2v) is 7.92. The zero-order chi connectivity index (χ0) is 22.7. The third-order valence-electron chi connectivity index (χ3n) is 5.53. The van der Waals surface area contributed by atoms with Crippen LogP contribution in [-0.2, 0) is 11.3 Å². The molecule has 1 fully saturated rings. The number of pyridine rings is 2. The van der Waals surface area contributed by atoms with Gasteiger partial charge in [-0.1, -0.05) is 11.2 Å². The molecule has 1 aliphatic heterocycles. The Kier molecular flexibility index (Phi) is 6.16. The van der Waals surface area contributed by atoms with Crippen molar-refractivity contribution in [2.24, 2.45) is 0 Å². The molecule has 0 atom stereocenters. The Bertz CT molecular complexity index is 1130. The number of nitrogens with zero attached hydrogens (tertiary/aromatic N) is 5. The highest BCUT2D eigenvalue weighted by molar-refractivity contribution is 5.92. The number of carbonyl (C=O) groups excluding carboxylic acids is 2. The zero-order valence-corrected chi connectivity index (χ0v) is 18.5. The van der Waals surface area contributed by atoms with Gasteiger partial charge in [0.15, 0.2) is 5.69 Å². The van der Waals surface area contributed by atoms with E-state index < -0.39 is 0 Å². The summed E-state index contributed by atoms with van der Waals surface area (Å²) in [6, 6.07) is 7.59. The predicted molar refractivity (Wildman–Crippen MR) is 119 cm³/mol. The normalized spacial score (nSPS) is 13.8. The molecule has 32 heavy (non-hydrogen) atoms. The van der Waals surface area contributed by atoms with E-state index in [0.29, 0.717) is 38.6 Å². The van der Waals surface area contributed by atoms with Crippen LogP contribution in [0.15, 0.2) is 41.2 Å². The van der Waals surface area contributed by atoms with E-state index in [1.807, 2.05) is 36.9 Å². The Morgan fingerprint density at radius 1 is 1.09 bits per heavy atom. The highest BCUT2D eigenvalue weighted by Gasteiger charge is 2.23. The molecule has 4 heterocycles. The van der Waals surface area contributed by atoms with E-state index in [-0.39, 0.29) is 17.5 Å². The second kappa shape index (κ2) is 9.17. The Balaban J connectivity index is 1.35. The van der Waals surface area contributed by atoms with E-state index in [2.05, 4.69) is 20.4 Å². The number of hydrogen-bond donors (Lipinski definition) is 1. The number of aromatic nitrogens is 3. The molecule has 1 aliphatic rings. The number of nitrogens with one attached hydrogen (secondary N) is 1. The minimum atomic E-state index is -0.311. The molecular formula is C23H26N6O3. The lowest BCUT2D eigenvalue weighted by molar-refractivity contribution is -0.129. The van der Waals surface area contributed by atoms with Crippen molar-refractivity contribution in [3.63, 3.8) is 0 Å². The van der Waals surface area contributed by atoms with E-state index in [1.54, 1.807) is 30.3 Å². The number of anilines is 1. The summed E-state index contributed by atoms with van der Waals surface area (Å²) in [5.74, 6) is 0.289. The van der Waals surface area contributed by atoms with Crippen LogP contribution in [-0.4, -0.2) is 58.0 Å². The first-order valence-electron chi connectivity index (χ1n) is 10.5. The Morgan fingerprint density at radius 2 is 1.88 bits per heavy atom. The first kappa shape index (κ1) is 21.5. The van der Waals surface area contributed by atoms with Crippen molar-refractivity contribution in [1.82, 2.24) is 25.3 Å². The number of piperazine rings is 1. The molecule has 0 aromatic carbocycles. The molecule has 9 heteroatoms. The molecule has 0 aliphatic carbocycles. The van der Waals surface area contributed by atoms with Gasteiger partial charge in [0.25, 0.3) is 5.91 Å². The number of rotatable bonds is 5. The van der Waals surface area contributed by atoms with Gasteiger partial charge in [-0.25, -0.2) is 0 Å². The van der Waals surface area contributed by atoms with Crippen LogP contribution >= 0.6 is 0 Å². The zero-order valence-electron chi connectivity index (χ0n) is 18.5. The number of amides is 2. The van der Waals surface area contributed by atoms with Crippen molar-refractivity contribution in [3.8, 4) is 11.3 Å². The highest BCUT2D eigenvalue weighted by Crippen LogP contribution is 2.22. The fourth-order valence-corrected chi connectivity index (χ4v) is 3.76. The molecule has 0 unspecified atom stereocenters. The summed E-state index contributed by atoms with van der Waals surface area (Å²) in [6.45, 7) is 8.38. The molecule has 1 saturated heterocycles. The minimum absolute atomic E-state index is 0.0657. The maximum absolute atomic E-state index is 12.5. The van der Waals surface area contributed by atoms with Gasteiger partial charge in [-0.05, 0) is 37.1 Å². The fraction of sp³-hybridized carbons (Fsp3) is 0.348. The largest absolute Gasteiger partial charge is 0.346 e. The molecule has 9 nitrogen and oxygen atoms in total. The summed E-state index contributed by atoms with van der Waals surface area (Å²) >= 11 is 0. The van der Waals surface area contributed by atoms with Gasteiger partial charge in [0.2, 0.25) is 11.8 Å². The van der Waals surface area contributed by atoms with Crippen molar-refractivity contribution in [1.29, 1.82) is 0 Å². The molecule has 0 spiro atoms. The van der Waals surface area contributed by atoms with Crippen LogP contribution in [0.5, 0.6) is 0 Å². The molecule has 166 valence electrons. The summed E-state index contributed by atoms with van der Waals surface area (Å²) in [5, 5.41) is 6.77. The van der Waals surface area contributed by atoms with Crippen LogP contribution in [0.25, 0.3) is 11.3 Å². The number of carbonyl (C=O) groups is 2. The minimum Gasteiger partial charge on any atom is -0.346 e. The maximum atomic E-state index is 12.5. The van der Waals surface area contributed by atoms with E-state index in [0.717, 1.165) is 28.1 Å². The Hall–Kier alpha value is -3.75. The Morgan fingerprint density at radius 3 is 2.56 bits per heavy atom. The standard InChI is InChI=1S/C23H26N6O3/c1-15-10-18(13-25-22(15)19-4-5-24-16(2)11-19)14-26-23(31)20-12-21(32-27-20)29-8-6-28(7-9-29)17(3)30/h4-5,10-13H,6-9,14H2,1-3H3,(H,26,31). The van der Waals surface area contributed by atoms with E-state index >= 15 is 0 Å². The third-order valence-corrected chi connectivity index (χ3v) is 5.53. The van der Waals surface area contributed by atoms with E-state index in [9.17, 15) is 9.59 Å². The summed E-state index contributed by atoms with van der Waals surface area (Å²) < 4.78 is 5.36. The monoisotopic (exact) mass is 434 g/mol. The molecule has 4 rings (SSSR count). The van der Waals surface area contributed by atoms with Crippen LogP contribution in [0.3, 0.4) is 0 Å². The quantitative estimate of drug-likeness (QED) is 0.657. The first-order chi connectivity index (χ1) is 15.4.